The maximum atomic E-state index is 13.0. The maximum absolute atomic E-state index is 13.0. The number of carbonyl (C=O) groups excluding carboxylic acids is 4. The molecule has 0 aromatic heterocycles. The lowest BCUT2D eigenvalue weighted by Gasteiger charge is -2.42. The molecule has 168 valence electrons. The molecule has 1 saturated heterocycles. The van der Waals surface area contributed by atoms with Gasteiger partial charge in [-0.2, -0.15) is 0 Å². The number of para-hydroxylation sites is 1. The van der Waals surface area contributed by atoms with E-state index in [0.29, 0.717) is 24.4 Å². The molecule has 0 unspecified atom stereocenters. The molecule has 4 amide bonds. The number of rotatable bonds is 7. The Labute approximate surface area is 182 Å². The van der Waals surface area contributed by atoms with Gasteiger partial charge in [-0.15, -0.1) is 0 Å². The maximum Gasteiger partial charge on any atom is 0.326 e. The summed E-state index contributed by atoms with van der Waals surface area (Å²) in [6.07, 6.45) is 3.89. The minimum atomic E-state index is -0.928. The summed E-state index contributed by atoms with van der Waals surface area (Å²) >= 11 is 0. The Hall–Kier alpha value is -2.90. The average molecular weight is 430 g/mol. The van der Waals surface area contributed by atoms with Crippen LogP contribution in [-0.4, -0.2) is 47.4 Å². The molecule has 8 heteroatoms. The van der Waals surface area contributed by atoms with E-state index in [4.69, 9.17) is 4.74 Å². The Balaban J connectivity index is 1.51. The smallest absolute Gasteiger partial charge is 0.326 e. The molecule has 2 aliphatic rings. The van der Waals surface area contributed by atoms with Gasteiger partial charge in [0.2, 0.25) is 0 Å². The quantitative estimate of drug-likeness (QED) is 0.512. The van der Waals surface area contributed by atoms with Crippen molar-refractivity contribution in [1.29, 1.82) is 0 Å². The summed E-state index contributed by atoms with van der Waals surface area (Å²) < 4.78 is 4.96. The van der Waals surface area contributed by atoms with Crippen LogP contribution in [0.4, 0.5) is 10.5 Å². The number of urea groups is 1. The third-order valence-electron chi connectivity index (χ3n) is 6.81. The lowest BCUT2D eigenvalue weighted by molar-refractivity contribution is -0.150. The predicted octanol–water partition coefficient (Wildman–Crippen LogP) is 3.09. The highest BCUT2D eigenvalue weighted by Gasteiger charge is 2.53. The highest BCUT2D eigenvalue weighted by Crippen LogP contribution is 2.45. The molecule has 2 N–H and O–H groups in total. The molecule has 3 rings (SSSR count). The van der Waals surface area contributed by atoms with Gasteiger partial charge in [0, 0.05) is 5.69 Å². The Morgan fingerprint density at radius 1 is 1.19 bits per heavy atom. The van der Waals surface area contributed by atoms with Crippen LogP contribution < -0.4 is 10.6 Å². The van der Waals surface area contributed by atoms with Gasteiger partial charge in [0.05, 0.1) is 0 Å². The lowest BCUT2D eigenvalue weighted by Crippen LogP contribution is -2.51. The normalized spacial score (nSPS) is 23.6. The van der Waals surface area contributed by atoms with Gasteiger partial charge in [-0.3, -0.25) is 19.3 Å². The van der Waals surface area contributed by atoms with Crippen LogP contribution in [0.2, 0.25) is 0 Å². The third-order valence-corrected chi connectivity index (χ3v) is 6.81. The topological polar surface area (TPSA) is 105 Å². The Bertz CT molecular complexity index is 844. The van der Waals surface area contributed by atoms with Crippen LogP contribution in [0.1, 0.15) is 52.9 Å². The Morgan fingerprint density at radius 3 is 2.45 bits per heavy atom. The van der Waals surface area contributed by atoms with E-state index >= 15 is 0 Å². The first kappa shape index (κ1) is 22.8. The first-order valence-corrected chi connectivity index (χ1v) is 10.8. The van der Waals surface area contributed by atoms with Crippen molar-refractivity contribution in [2.45, 2.75) is 58.4 Å². The summed E-state index contributed by atoms with van der Waals surface area (Å²) in [5, 5.41) is 5.41. The molecule has 0 bridgehead atoms. The van der Waals surface area contributed by atoms with Crippen molar-refractivity contribution in [2.75, 3.05) is 18.5 Å². The van der Waals surface area contributed by atoms with Gasteiger partial charge in [0.25, 0.3) is 11.8 Å². The fourth-order valence-electron chi connectivity index (χ4n) is 4.38. The van der Waals surface area contributed by atoms with Gasteiger partial charge in [-0.1, -0.05) is 45.4 Å². The molecular formula is C23H31N3O5. The van der Waals surface area contributed by atoms with Crippen LogP contribution >= 0.6 is 0 Å². The molecule has 1 aromatic carbocycles. The monoisotopic (exact) mass is 429 g/mol. The minimum Gasteiger partial charge on any atom is -0.454 e. The van der Waals surface area contributed by atoms with Crippen LogP contribution in [0.25, 0.3) is 0 Å². The fourth-order valence-corrected chi connectivity index (χ4v) is 4.38. The number of hydrogen-bond acceptors (Lipinski definition) is 5. The largest absolute Gasteiger partial charge is 0.454 e. The fraction of sp³-hybridized carbons (Fsp3) is 0.565. The Morgan fingerprint density at radius 2 is 1.84 bits per heavy atom. The zero-order valence-corrected chi connectivity index (χ0v) is 18.4. The molecule has 1 aromatic rings. The van der Waals surface area contributed by atoms with Crippen LogP contribution in [0.3, 0.4) is 0 Å². The number of hydrogen-bond donors (Lipinski definition) is 2. The first-order valence-electron chi connectivity index (χ1n) is 10.8. The highest BCUT2D eigenvalue weighted by molar-refractivity contribution is 6.08. The third kappa shape index (κ3) is 5.06. The van der Waals surface area contributed by atoms with Gasteiger partial charge in [0.15, 0.2) is 6.61 Å². The lowest BCUT2D eigenvalue weighted by atomic mass is 9.65. The van der Waals surface area contributed by atoms with Crippen molar-refractivity contribution in [3.63, 3.8) is 0 Å². The second kappa shape index (κ2) is 9.08. The van der Waals surface area contributed by atoms with E-state index in [1.165, 1.54) is 0 Å². The summed E-state index contributed by atoms with van der Waals surface area (Å²) in [6, 6.07) is 8.20. The number of anilines is 1. The minimum absolute atomic E-state index is 0.192. The summed E-state index contributed by atoms with van der Waals surface area (Å²) in [4.78, 5) is 50.4. The number of imide groups is 1. The molecule has 0 radical (unpaired) electrons. The molecule has 31 heavy (non-hydrogen) atoms. The SMILES string of the molecule is CCC(C)(C)C1CCC2(CC1)NC(=O)N(CC(=O)OCC(=O)Nc1ccccc1)C2=O. The standard InChI is InChI=1S/C23H31N3O5/c1-4-22(2,3)16-10-12-23(13-11-16)20(29)26(21(30)25-23)14-19(28)31-15-18(27)24-17-8-6-5-7-9-17/h5-9,16H,4,10-15H2,1-3H3,(H,24,27)(H,25,30). The summed E-state index contributed by atoms with van der Waals surface area (Å²) in [7, 11) is 0. The molecule has 1 saturated carbocycles. The number of nitrogens with one attached hydrogen (secondary N) is 2. The van der Waals surface area contributed by atoms with Gasteiger partial charge >= 0.3 is 12.0 Å². The van der Waals surface area contributed by atoms with Crippen molar-refractivity contribution >= 4 is 29.5 Å². The summed E-state index contributed by atoms with van der Waals surface area (Å²) in [5.41, 5.74) is -0.152. The van der Waals surface area contributed by atoms with Gasteiger partial charge in [-0.05, 0) is 49.1 Å². The molecule has 1 aliphatic carbocycles. The molecule has 1 aliphatic heterocycles. The molecule has 8 nitrogen and oxygen atoms in total. The van der Waals surface area contributed by atoms with Crippen LogP contribution in [0.5, 0.6) is 0 Å². The number of ether oxygens (including phenoxy) is 1. The van der Waals surface area contributed by atoms with Crippen molar-refractivity contribution in [2.24, 2.45) is 11.3 Å². The predicted molar refractivity (Wildman–Crippen MR) is 115 cm³/mol. The van der Waals surface area contributed by atoms with Crippen molar-refractivity contribution in [3.8, 4) is 0 Å². The zero-order chi connectivity index (χ0) is 22.6. The van der Waals surface area contributed by atoms with Gasteiger partial charge < -0.3 is 15.4 Å². The molecular weight excluding hydrogens is 398 g/mol. The average Bonchev–Trinajstić information content (AvgIpc) is 2.97. The van der Waals surface area contributed by atoms with E-state index in [2.05, 4.69) is 31.4 Å². The van der Waals surface area contributed by atoms with E-state index in [1.54, 1.807) is 24.3 Å². The number of benzene rings is 1. The molecule has 1 spiro atoms. The van der Waals surface area contributed by atoms with E-state index < -0.39 is 36.6 Å². The van der Waals surface area contributed by atoms with E-state index in [0.717, 1.165) is 24.2 Å². The highest BCUT2D eigenvalue weighted by atomic mass is 16.5. The van der Waals surface area contributed by atoms with Crippen molar-refractivity contribution < 1.29 is 23.9 Å². The van der Waals surface area contributed by atoms with Crippen LogP contribution in [0.15, 0.2) is 30.3 Å². The number of amides is 4. The second-order valence-corrected chi connectivity index (χ2v) is 9.09. The summed E-state index contributed by atoms with van der Waals surface area (Å²) in [6.45, 7) is 5.65. The number of carbonyl (C=O) groups is 4. The van der Waals surface area contributed by atoms with Crippen molar-refractivity contribution in [3.05, 3.63) is 30.3 Å². The Kier molecular flexibility index (Phi) is 6.67. The van der Waals surface area contributed by atoms with Gasteiger partial charge in [0.1, 0.15) is 12.1 Å². The molecule has 1 heterocycles. The number of nitrogens with zero attached hydrogens (tertiary/aromatic N) is 1. The van der Waals surface area contributed by atoms with Crippen molar-refractivity contribution in [1.82, 2.24) is 10.2 Å². The molecule has 0 atom stereocenters. The van der Waals surface area contributed by atoms with E-state index in [9.17, 15) is 19.2 Å². The zero-order valence-electron chi connectivity index (χ0n) is 18.4. The number of esters is 1. The molecule has 2 fully saturated rings. The summed E-state index contributed by atoms with van der Waals surface area (Å²) in [5.74, 6) is -1.18. The van der Waals surface area contributed by atoms with Gasteiger partial charge in [-0.25, -0.2) is 4.79 Å². The van der Waals surface area contributed by atoms with Crippen LogP contribution in [-0.2, 0) is 19.1 Å². The van der Waals surface area contributed by atoms with E-state index in [1.807, 2.05) is 6.07 Å². The second-order valence-electron chi connectivity index (χ2n) is 9.09. The first-order chi connectivity index (χ1) is 14.7. The van der Waals surface area contributed by atoms with Crippen LogP contribution in [0, 0.1) is 11.3 Å². The van der Waals surface area contributed by atoms with E-state index in [-0.39, 0.29) is 11.3 Å².